The third-order valence-electron chi connectivity index (χ3n) is 2.81. The van der Waals surface area contributed by atoms with Crippen LogP contribution in [-0.2, 0) is 6.54 Å². The second-order valence-corrected chi connectivity index (χ2v) is 3.84. The van der Waals surface area contributed by atoms with Gasteiger partial charge in [-0.25, -0.2) is 9.97 Å². The van der Waals surface area contributed by atoms with Gasteiger partial charge in [-0.05, 0) is 20.0 Å². The molecule has 0 saturated carbocycles. The van der Waals surface area contributed by atoms with Crippen molar-refractivity contribution in [3.05, 3.63) is 17.5 Å². The van der Waals surface area contributed by atoms with Crippen LogP contribution in [0.5, 0.6) is 6.01 Å². The minimum absolute atomic E-state index is 0.437. The van der Waals surface area contributed by atoms with E-state index < -0.39 is 0 Å². The lowest BCUT2D eigenvalue weighted by atomic mass is 10.2. The van der Waals surface area contributed by atoms with Crippen LogP contribution in [0.15, 0.2) is 6.20 Å². The van der Waals surface area contributed by atoms with Crippen molar-refractivity contribution in [3.8, 4) is 6.01 Å². The fraction of sp³-hybridized carbons (Fsp3) is 0.667. The van der Waals surface area contributed by atoms with Crippen molar-refractivity contribution in [3.63, 3.8) is 0 Å². The quantitative estimate of drug-likeness (QED) is 0.766. The molecule has 1 aromatic rings. The largest absolute Gasteiger partial charge is 0.462 e. The molecule has 0 atom stereocenters. The van der Waals surface area contributed by atoms with Crippen LogP contribution < -0.4 is 10.5 Å². The van der Waals surface area contributed by atoms with Gasteiger partial charge in [0, 0.05) is 30.5 Å². The van der Waals surface area contributed by atoms with Crippen molar-refractivity contribution in [1.82, 2.24) is 14.9 Å². The summed E-state index contributed by atoms with van der Waals surface area (Å²) in [4.78, 5) is 10.7. The van der Waals surface area contributed by atoms with E-state index in [9.17, 15) is 0 Å². The summed E-state index contributed by atoms with van der Waals surface area (Å²) >= 11 is 0. The molecule has 0 radical (unpaired) electrons. The maximum atomic E-state index is 5.55. The summed E-state index contributed by atoms with van der Waals surface area (Å²) in [6.07, 6.45) is 1.73. The maximum absolute atomic E-state index is 5.55. The van der Waals surface area contributed by atoms with Gasteiger partial charge >= 0.3 is 6.01 Å². The van der Waals surface area contributed by atoms with Crippen LogP contribution in [-0.4, -0.2) is 41.1 Å². The Morgan fingerprint density at radius 1 is 1.35 bits per heavy atom. The van der Waals surface area contributed by atoms with E-state index in [1.54, 1.807) is 6.20 Å². The van der Waals surface area contributed by atoms with Crippen molar-refractivity contribution in [2.75, 3.05) is 26.2 Å². The van der Waals surface area contributed by atoms with Crippen molar-refractivity contribution >= 4 is 0 Å². The van der Waals surface area contributed by atoms with Gasteiger partial charge in [0.05, 0.1) is 0 Å². The van der Waals surface area contributed by atoms with E-state index >= 15 is 0 Å². The molecule has 0 spiro atoms. The molecule has 0 aliphatic heterocycles. The summed E-state index contributed by atoms with van der Waals surface area (Å²) in [5.74, 6) is 0. The Labute approximate surface area is 103 Å². The molecule has 0 aliphatic rings. The van der Waals surface area contributed by atoms with Gasteiger partial charge < -0.3 is 15.4 Å². The third-order valence-corrected chi connectivity index (χ3v) is 2.81. The van der Waals surface area contributed by atoms with Crippen LogP contribution in [0.3, 0.4) is 0 Å². The number of hydrogen-bond acceptors (Lipinski definition) is 5. The average Bonchev–Trinajstić information content (AvgIpc) is 2.35. The zero-order valence-corrected chi connectivity index (χ0v) is 10.9. The predicted molar refractivity (Wildman–Crippen MR) is 67.9 cm³/mol. The molecule has 0 aliphatic carbocycles. The Balaban J connectivity index is 2.44. The molecule has 0 amide bonds. The van der Waals surface area contributed by atoms with Gasteiger partial charge in [0.15, 0.2) is 0 Å². The standard InChI is InChI=1S/C12H22N4O/c1-4-16(5-2)6-7-17-12-14-9-11(8-13)10(3)15-12/h9H,4-8,13H2,1-3H3. The average molecular weight is 238 g/mol. The van der Waals surface area contributed by atoms with Crippen LogP contribution in [0, 0.1) is 6.92 Å². The number of aryl methyl sites for hydroxylation is 1. The van der Waals surface area contributed by atoms with Gasteiger partial charge in [0.25, 0.3) is 0 Å². The Kier molecular flexibility index (Phi) is 5.86. The number of ether oxygens (including phenoxy) is 1. The number of rotatable bonds is 7. The van der Waals surface area contributed by atoms with E-state index in [1.165, 1.54) is 0 Å². The summed E-state index contributed by atoms with van der Waals surface area (Å²) in [5.41, 5.74) is 7.40. The lowest BCUT2D eigenvalue weighted by Crippen LogP contribution is -2.28. The molecule has 5 heteroatoms. The highest BCUT2D eigenvalue weighted by Gasteiger charge is 2.04. The second kappa shape index (κ2) is 7.19. The SMILES string of the molecule is CCN(CC)CCOc1ncc(CN)c(C)n1. The van der Waals surface area contributed by atoms with Crippen molar-refractivity contribution < 1.29 is 4.74 Å². The van der Waals surface area contributed by atoms with Gasteiger partial charge in [-0.15, -0.1) is 0 Å². The molecular formula is C12H22N4O. The van der Waals surface area contributed by atoms with E-state index in [2.05, 4.69) is 28.7 Å². The molecule has 0 fully saturated rings. The van der Waals surface area contributed by atoms with E-state index in [1.807, 2.05) is 6.92 Å². The Hall–Kier alpha value is -1.20. The van der Waals surface area contributed by atoms with Crippen LogP contribution in [0.25, 0.3) is 0 Å². The molecule has 96 valence electrons. The topological polar surface area (TPSA) is 64.3 Å². The van der Waals surface area contributed by atoms with E-state index in [-0.39, 0.29) is 0 Å². The smallest absolute Gasteiger partial charge is 0.316 e. The van der Waals surface area contributed by atoms with Crippen LogP contribution >= 0.6 is 0 Å². The monoisotopic (exact) mass is 238 g/mol. The first-order valence-electron chi connectivity index (χ1n) is 6.09. The second-order valence-electron chi connectivity index (χ2n) is 3.84. The normalized spacial score (nSPS) is 10.9. The first-order valence-corrected chi connectivity index (χ1v) is 6.09. The molecule has 0 unspecified atom stereocenters. The summed E-state index contributed by atoms with van der Waals surface area (Å²) in [5, 5.41) is 0. The van der Waals surface area contributed by atoms with Crippen LogP contribution in [0.2, 0.25) is 0 Å². The van der Waals surface area contributed by atoms with Crippen molar-refractivity contribution in [2.24, 2.45) is 5.73 Å². The predicted octanol–water partition coefficient (Wildman–Crippen LogP) is 0.964. The molecule has 0 aromatic carbocycles. The van der Waals surface area contributed by atoms with Gasteiger partial charge in [-0.3, -0.25) is 0 Å². The van der Waals surface area contributed by atoms with E-state index in [0.717, 1.165) is 30.9 Å². The summed E-state index contributed by atoms with van der Waals surface area (Å²) in [6, 6.07) is 0.437. The number of nitrogens with zero attached hydrogens (tertiary/aromatic N) is 3. The number of likely N-dealkylation sites (N-methyl/N-ethyl adjacent to an activating group) is 1. The van der Waals surface area contributed by atoms with Gasteiger partial charge in [-0.2, -0.15) is 0 Å². The Bertz CT molecular complexity index is 339. The van der Waals surface area contributed by atoms with Crippen molar-refractivity contribution in [1.29, 1.82) is 0 Å². The molecule has 2 N–H and O–H groups in total. The summed E-state index contributed by atoms with van der Waals surface area (Å²) in [7, 11) is 0. The molecule has 1 aromatic heterocycles. The lowest BCUT2D eigenvalue weighted by Gasteiger charge is -2.17. The fourth-order valence-corrected chi connectivity index (χ4v) is 1.55. The maximum Gasteiger partial charge on any atom is 0.316 e. The molecule has 0 bridgehead atoms. The Morgan fingerprint density at radius 2 is 2.06 bits per heavy atom. The van der Waals surface area contributed by atoms with Crippen LogP contribution in [0.1, 0.15) is 25.1 Å². The highest BCUT2D eigenvalue weighted by Crippen LogP contribution is 2.07. The molecular weight excluding hydrogens is 216 g/mol. The first kappa shape index (κ1) is 13.9. The summed E-state index contributed by atoms with van der Waals surface area (Å²) < 4.78 is 5.52. The van der Waals surface area contributed by atoms with Crippen molar-refractivity contribution in [2.45, 2.75) is 27.3 Å². The van der Waals surface area contributed by atoms with E-state index in [4.69, 9.17) is 10.5 Å². The minimum Gasteiger partial charge on any atom is -0.462 e. The van der Waals surface area contributed by atoms with E-state index in [0.29, 0.717) is 19.2 Å². The summed E-state index contributed by atoms with van der Waals surface area (Å²) in [6.45, 7) is 10.2. The number of aromatic nitrogens is 2. The van der Waals surface area contributed by atoms with Gasteiger partial charge in [0.1, 0.15) is 6.61 Å². The highest BCUT2D eigenvalue weighted by atomic mass is 16.5. The molecule has 5 nitrogen and oxygen atoms in total. The molecule has 17 heavy (non-hydrogen) atoms. The van der Waals surface area contributed by atoms with Gasteiger partial charge in [0.2, 0.25) is 0 Å². The molecule has 1 rings (SSSR count). The zero-order chi connectivity index (χ0) is 12.7. The Morgan fingerprint density at radius 3 is 2.59 bits per heavy atom. The number of nitrogens with two attached hydrogens (primary N) is 1. The highest BCUT2D eigenvalue weighted by molar-refractivity contribution is 5.17. The fourth-order valence-electron chi connectivity index (χ4n) is 1.55. The zero-order valence-electron chi connectivity index (χ0n) is 10.9. The third kappa shape index (κ3) is 4.28. The van der Waals surface area contributed by atoms with Gasteiger partial charge in [-0.1, -0.05) is 13.8 Å². The minimum atomic E-state index is 0.437. The first-order chi connectivity index (χ1) is 8.21. The molecule has 1 heterocycles. The number of hydrogen-bond donors (Lipinski definition) is 1. The lowest BCUT2D eigenvalue weighted by molar-refractivity contribution is 0.212. The molecule has 0 saturated heterocycles. The van der Waals surface area contributed by atoms with Crippen LogP contribution in [0.4, 0.5) is 0 Å².